The molecule has 2 heteroatoms. The molecule has 1 N–H and O–H groups in total. The summed E-state index contributed by atoms with van der Waals surface area (Å²) >= 11 is 0. The van der Waals surface area contributed by atoms with Gasteiger partial charge in [-0.1, -0.05) is 60.7 Å². The minimum Gasteiger partial charge on any atom is -0.371 e. The molecule has 2 aliphatic rings. The van der Waals surface area contributed by atoms with Gasteiger partial charge in [0.25, 0.3) is 0 Å². The number of aliphatic imine (C=N–C) groups is 1. The van der Waals surface area contributed by atoms with Gasteiger partial charge in [0.05, 0.1) is 23.1 Å². The lowest BCUT2D eigenvalue weighted by atomic mass is 9.80. The lowest BCUT2D eigenvalue weighted by Gasteiger charge is -2.33. The van der Waals surface area contributed by atoms with Crippen LogP contribution in [0.15, 0.2) is 77.8 Å². The maximum Gasteiger partial charge on any atom is 0.0953 e. The van der Waals surface area contributed by atoms with Crippen LogP contribution in [-0.2, 0) is 0 Å². The van der Waals surface area contributed by atoms with E-state index in [4.69, 9.17) is 4.99 Å². The van der Waals surface area contributed by atoms with Gasteiger partial charge >= 0.3 is 0 Å². The second kappa shape index (κ2) is 4.31. The van der Waals surface area contributed by atoms with Gasteiger partial charge in [-0.3, -0.25) is 0 Å². The fourth-order valence-corrected chi connectivity index (χ4v) is 3.49. The first-order valence-electron chi connectivity index (χ1n) is 7.55. The summed E-state index contributed by atoms with van der Waals surface area (Å²) in [7, 11) is 0. The van der Waals surface area contributed by atoms with Crippen LogP contribution in [0.2, 0.25) is 0 Å². The molecule has 1 aliphatic heterocycles. The van der Waals surface area contributed by atoms with Crippen molar-refractivity contribution < 1.29 is 0 Å². The molecule has 0 fully saturated rings. The van der Waals surface area contributed by atoms with Gasteiger partial charge in [0.1, 0.15) is 0 Å². The zero-order chi connectivity index (χ0) is 14.5. The normalized spacial score (nSPS) is 17.3. The van der Waals surface area contributed by atoms with Gasteiger partial charge in [0.15, 0.2) is 0 Å². The summed E-state index contributed by atoms with van der Waals surface area (Å²) < 4.78 is 0. The van der Waals surface area contributed by atoms with E-state index in [1.54, 1.807) is 0 Å². The molecule has 3 aromatic carbocycles. The van der Waals surface area contributed by atoms with Crippen molar-refractivity contribution in [3.8, 4) is 11.1 Å². The van der Waals surface area contributed by atoms with E-state index in [0.717, 1.165) is 17.1 Å². The van der Waals surface area contributed by atoms with Crippen molar-refractivity contribution in [1.82, 2.24) is 0 Å². The van der Waals surface area contributed by atoms with Crippen LogP contribution in [0, 0.1) is 0 Å². The van der Waals surface area contributed by atoms with Gasteiger partial charge in [-0.25, -0.2) is 4.99 Å². The van der Waals surface area contributed by atoms with Crippen LogP contribution in [-0.4, -0.2) is 5.71 Å². The highest BCUT2D eigenvalue weighted by molar-refractivity contribution is 6.16. The molecule has 1 atom stereocenters. The zero-order valence-electron chi connectivity index (χ0n) is 12.0. The Morgan fingerprint density at radius 2 is 1.36 bits per heavy atom. The van der Waals surface area contributed by atoms with Crippen LogP contribution in [0.5, 0.6) is 0 Å². The van der Waals surface area contributed by atoms with E-state index in [9.17, 15) is 0 Å². The average molecular weight is 282 g/mol. The van der Waals surface area contributed by atoms with Crippen LogP contribution < -0.4 is 5.32 Å². The molecule has 3 aromatic rings. The third-order valence-corrected chi connectivity index (χ3v) is 4.48. The van der Waals surface area contributed by atoms with Crippen molar-refractivity contribution in [3.05, 3.63) is 83.9 Å². The predicted molar refractivity (Wildman–Crippen MR) is 90.9 cm³/mol. The lowest BCUT2D eigenvalue weighted by molar-refractivity contribution is 1.01. The number of benzene rings is 3. The van der Waals surface area contributed by atoms with Crippen molar-refractivity contribution in [2.24, 2.45) is 4.99 Å². The number of nitrogens with one attached hydrogen (secondary N) is 1. The molecule has 0 spiro atoms. The largest absolute Gasteiger partial charge is 0.371 e. The van der Waals surface area contributed by atoms with Crippen molar-refractivity contribution in [1.29, 1.82) is 0 Å². The first kappa shape index (κ1) is 11.8. The lowest BCUT2D eigenvalue weighted by Crippen LogP contribution is -2.28. The fourth-order valence-electron chi connectivity index (χ4n) is 3.49. The number of para-hydroxylation sites is 2. The molecule has 1 heterocycles. The summed E-state index contributed by atoms with van der Waals surface area (Å²) in [5.74, 6) is 0. The fraction of sp³-hybridized carbons (Fsp3) is 0.0500. The maximum atomic E-state index is 4.96. The Bertz CT molecular complexity index is 924. The molecule has 0 amide bonds. The first-order valence-corrected chi connectivity index (χ1v) is 7.55. The van der Waals surface area contributed by atoms with Crippen LogP contribution in [0.1, 0.15) is 17.2 Å². The summed E-state index contributed by atoms with van der Waals surface area (Å²) in [6.07, 6.45) is 0. The van der Waals surface area contributed by atoms with Gasteiger partial charge in [0.2, 0.25) is 0 Å². The quantitative estimate of drug-likeness (QED) is 0.619. The van der Waals surface area contributed by atoms with Crippen LogP contribution in [0.4, 0.5) is 11.4 Å². The Hall–Kier alpha value is -2.87. The Labute approximate surface area is 129 Å². The maximum absolute atomic E-state index is 4.96. The highest BCUT2D eigenvalue weighted by atomic mass is 15.0. The van der Waals surface area contributed by atoms with Crippen molar-refractivity contribution in [2.45, 2.75) is 6.04 Å². The standard InChI is InChI=1S/C20H14N2/c1-3-9-15-13(7-1)14-8-2-4-10-16(14)20-19(15)21-17-11-5-6-12-18(17)22-20/h1-12,19,21H. The minimum absolute atomic E-state index is 0.126. The molecular formula is C20H14N2. The monoisotopic (exact) mass is 282 g/mol. The molecule has 0 aromatic heterocycles. The molecule has 0 radical (unpaired) electrons. The Kier molecular flexibility index (Phi) is 2.30. The number of anilines is 1. The summed E-state index contributed by atoms with van der Waals surface area (Å²) in [6, 6.07) is 25.5. The Balaban J connectivity index is 1.85. The van der Waals surface area contributed by atoms with E-state index in [1.807, 2.05) is 6.07 Å². The van der Waals surface area contributed by atoms with Crippen molar-refractivity contribution in [2.75, 3.05) is 5.32 Å². The topological polar surface area (TPSA) is 24.4 Å². The Morgan fingerprint density at radius 3 is 2.27 bits per heavy atom. The van der Waals surface area contributed by atoms with Gasteiger partial charge in [0, 0.05) is 5.56 Å². The second-order valence-electron chi connectivity index (χ2n) is 5.72. The molecule has 2 nitrogen and oxygen atoms in total. The second-order valence-corrected chi connectivity index (χ2v) is 5.72. The number of fused-ring (bicyclic) bond motifs is 7. The summed E-state index contributed by atoms with van der Waals surface area (Å²) in [5.41, 5.74) is 8.34. The highest BCUT2D eigenvalue weighted by Crippen LogP contribution is 2.44. The summed E-state index contributed by atoms with van der Waals surface area (Å²) in [5, 5.41) is 3.67. The smallest absolute Gasteiger partial charge is 0.0953 e. The van der Waals surface area contributed by atoms with E-state index in [2.05, 4.69) is 72.0 Å². The number of hydrogen-bond acceptors (Lipinski definition) is 2. The molecule has 5 rings (SSSR count). The zero-order valence-corrected chi connectivity index (χ0v) is 12.0. The number of rotatable bonds is 0. The molecule has 0 bridgehead atoms. The van der Waals surface area contributed by atoms with Gasteiger partial charge in [-0.15, -0.1) is 0 Å². The van der Waals surface area contributed by atoms with Gasteiger partial charge in [-0.05, 0) is 28.8 Å². The van der Waals surface area contributed by atoms with Crippen LogP contribution in [0.25, 0.3) is 11.1 Å². The van der Waals surface area contributed by atoms with Crippen molar-refractivity contribution in [3.63, 3.8) is 0 Å². The van der Waals surface area contributed by atoms with Gasteiger partial charge < -0.3 is 5.32 Å². The third-order valence-electron chi connectivity index (χ3n) is 4.48. The van der Waals surface area contributed by atoms with E-state index >= 15 is 0 Å². The molecule has 0 saturated carbocycles. The Morgan fingerprint density at radius 1 is 0.682 bits per heavy atom. The van der Waals surface area contributed by atoms with E-state index in [-0.39, 0.29) is 6.04 Å². The summed E-state index contributed by atoms with van der Waals surface area (Å²) in [4.78, 5) is 4.96. The van der Waals surface area contributed by atoms with Crippen molar-refractivity contribution >= 4 is 17.1 Å². The SMILES string of the molecule is c1ccc2c(c1)N=C1c3ccccc3-c3ccccc3C1N2. The number of hydrogen-bond donors (Lipinski definition) is 1. The molecule has 22 heavy (non-hydrogen) atoms. The molecule has 104 valence electrons. The average Bonchev–Trinajstić information content (AvgIpc) is 2.61. The number of nitrogens with zero attached hydrogens (tertiary/aromatic N) is 1. The highest BCUT2D eigenvalue weighted by Gasteiger charge is 2.32. The van der Waals surface area contributed by atoms with E-state index in [1.165, 1.54) is 22.3 Å². The third kappa shape index (κ3) is 1.52. The van der Waals surface area contributed by atoms with E-state index < -0.39 is 0 Å². The molecule has 1 unspecified atom stereocenters. The minimum atomic E-state index is 0.126. The van der Waals surface area contributed by atoms with Crippen LogP contribution in [0.3, 0.4) is 0 Å². The molecular weight excluding hydrogens is 268 g/mol. The van der Waals surface area contributed by atoms with Crippen LogP contribution >= 0.6 is 0 Å². The summed E-state index contributed by atoms with van der Waals surface area (Å²) in [6.45, 7) is 0. The first-order chi connectivity index (χ1) is 10.9. The molecule has 1 aliphatic carbocycles. The molecule has 0 saturated heterocycles. The predicted octanol–water partition coefficient (Wildman–Crippen LogP) is 4.95. The van der Waals surface area contributed by atoms with Gasteiger partial charge in [-0.2, -0.15) is 0 Å². The van der Waals surface area contributed by atoms with E-state index in [0.29, 0.717) is 0 Å².